The predicted octanol–water partition coefficient (Wildman–Crippen LogP) is 4.77. The maximum atomic E-state index is 13.6. The molecular weight excluding hydrogens is 603 g/mol. The van der Waals surface area contributed by atoms with Crippen LogP contribution in [0.1, 0.15) is 23.3 Å². The van der Waals surface area contributed by atoms with E-state index in [9.17, 15) is 21.6 Å². The van der Waals surface area contributed by atoms with Gasteiger partial charge in [-0.05, 0) is 42.0 Å². The van der Waals surface area contributed by atoms with Gasteiger partial charge in [0.2, 0.25) is 0 Å². The van der Waals surface area contributed by atoms with E-state index in [0.29, 0.717) is 22.6 Å². The number of hydrogen-bond acceptors (Lipinski definition) is 9. The lowest BCUT2D eigenvalue weighted by molar-refractivity contribution is -0.126. The van der Waals surface area contributed by atoms with Gasteiger partial charge >= 0.3 is 6.18 Å². The first kappa shape index (κ1) is 32.9. The van der Waals surface area contributed by atoms with Crippen molar-refractivity contribution in [3.8, 4) is 17.6 Å². The molecule has 0 atom stereocenters. The SMILES string of the molecule is COCCN1CCC(Nc2cccc3c(CC(F)(F)F)c(C#CCNc4ccc(S(C)(=O)=O)cc4OCCO)sc23)CC1. The van der Waals surface area contributed by atoms with Crippen molar-refractivity contribution in [3.63, 3.8) is 0 Å². The van der Waals surface area contributed by atoms with Crippen molar-refractivity contribution in [2.75, 3.05) is 70.0 Å². The van der Waals surface area contributed by atoms with Gasteiger partial charge in [-0.15, -0.1) is 11.3 Å². The zero-order valence-electron chi connectivity index (χ0n) is 24.1. The topological polar surface area (TPSA) is 100 Å². The Hall–Kier alpha value is -3.02. The predicted molar refractivity (Wildman–Crippen MR) is 164 cm³/mol. The number of likely N-dealkylation sites (tertiary alicyclic amines) is 1. The average Bonchev–Trinajstić information content (AvgIpc) is 3.30. The van der Waals surface area contributed by atoms with E-state index in [-0.39, 0.29) is 42.0 Å². The zero-order chi connectivity index (χ0) is 31.0. The van der Waals surface area contributed by atoms with E-state index < -0.39 is 22.4 Å². The first-order chi connectivity index (χ1) is 20.5. The van der Waals surface area contributed by atoms with E-state index in [1.165, 1.54) is 29.5 Å². The molecule has 0 amide bonds. The van der Waals surface area contributed by atoms with E-state index >= 15 is 0 Å². The van der Waals surface area contributed by atoms with Gasteiger partial charge in [-0.25, -0.2) is 8.42 Å². The highest BCUT2D eigenvalue weighted by molar-refractivity contribution is 7.90. The van der Waals surface area contributed by atoms with E-state index in [1.807, 2.05) is 6.07 Å². The van der Waals surface area contributed by atoms with E-state index in [2.05, 4.69) is 27.4 Å². The number of nitrogens with one attached hydrogen (secondary N) is 2. The Morgan fingerprint density at radius 1 is 1.14 bits per heavy atom. The first-order valence-corrected chi connectivity index (χ1v) is 16.6. The molecule has 2 aromatic carbocycles. The number of piperidine rings is 1. The molecule has 1 aliphatic heterocycles. The second-order valence-corrected chi connectivity index (χ2v) is 13.3. The van der Waals surface area contributed by atoms with Gasteiger partial charge in [-0.2, -0.15) is 13.2 Å². The fourth-order valence-electron chi connectivity index (χ4n) is 4.92. The van der Waals surface area contributed by atoms with Gasteiger partial charge < -0.3 is 30.1 Å². The fourth-order valence-corrected chi connectivity index (χ4v) is 6.73. The quantitative estimate of drug-likeness (QED) is 0.244. The molecule has 1 saturated heterocycles. The number of fused-ring (bicyclic) bond motifs is 1. The van der Waals surface area contributed by atoms with Gasteiger partial charge in [-0.3, -0.25) is 0 Å². The summed E-state index contributed by atoms with van der Waals surface area (Å²) in [5, 5.41) is 16.3. The summed E-state index contributed by atoms with van der Waals surface area (Å²) in [7, 11) is -1.80. The van der Waals surface area contributed by atoms with Gasteiger partial charge in [-0.1, -0.05) is 24.0 Å². The zero-order valence-corrected chi connectivity index (χ0v) is 25.7. The molecule has 0 spiro atoms. The molecule has 8 nitrogen and oxygen atoms in total. The van der Waals surface area contributed by atoms with Crippen LogP contribution in [0.5, 0.6) is 5.75 Å². The number of ether oxygens (including phenoxy) is 2. The Balaban J connectivity index is 1.55. The van der Waals surface area contributed by atoms with Crippen LogP contribution >= 0.6 is 11.3 Å². The summed E-state index contributed by atoms with van der Waals surface area (Å²) in [5.41, 5.74) is 1.41. The third-order valence-corrected chi connectivity index (χ3v) is 9.36. The highest BCUT2D eigenvalue weighted by Gasteiger charge is 2.31. The largest absolute Gasteiger partial charge is 0.489 e. The number of methoxy groups -OCH3 is 1. The maximum Gasteiger partial charge on any atom is 0.393 e. The third kappa shape index (κ3) is 9.23. The van der Waals surface area contributed by atoms with Gasteiger partial charge in [0.15, 0.2) is 9.84 Å². The Morgan fingerprint density at radius 2 is 1.91 bits per heavy atom. The number of benzene rings is 2. The number of aliphatic hydroxyl groups is 1. The van der Waals surface area contributed by atoms with Gasteiger partial charge in [0.05, 0.1) is 52.0 Å². The molecular formula is C30H36F3N3O5S2. The summed E-state index contributed by atoms with van der Waals surface area (Å²) in [5.74, 6) is 6.06. The molecule has 13 heteroatoms. The number of thiophene rings is 1. The van der Waals surface area contributed by atoms with Crippen LogP contribution in [-0.4, -0.2) is 90.0 Å². The molecule has 234 valence electrons. The Bertz CT molecular complexity index is 1560. The number of halogens is 3. The Labute approximate surface area is 254 Å². The van der Waals surface area contributed by atoms with Crippen molar-refractivity contribution >= 4 is 42.6 Å². The molecule has 1 fully saturated rings. The number of alkyl halides is 3. The van der Waals surface area contributed by atoms with Gasteiger partial charge in [0.25, 0.3) is 0 Å². The normalized spacial score (nSPS) is 14.8. The number of anilines is 2. The van der Waals surface area contributed by atoms with Crippen LogP contribution in [-0.2, 0) is 21.0 Å². The number of nitrogens with zero attached hydrogens (tertiary/aromatic N) is 1. The smallest absolute Gasteiger partial charge is 0.393 e. The lowest BCUT2D eigenvalue weighted by atomic mass is 10.0. The molecule has 0 bridgehead atoms. The minimum Gasteiger partial charge on any atom is -0.489 e. The van der Waals surface area contributed by atoms with Gasteiger partial charge in [0, 0.05) is 45.1 Å². The molecule has 1 aromatic heterocycles. The molecule has 2 heterocycles. The van der Waals surface area contributed by atoms with Crippen LogP contribution in [0.3, 0.4) is 0 Å². The van der Waals surface area contributed by atoms with Gasteiger partial charge in [0.1, 0.15) is 12.4 Å². The molecule has 1 aliphatic rings. The molecule has 0 saturated carbocycles. The summed E-state index contributed by atoms with van der Waals surface area (Å²) < 4.78 is 76.2. The maximum absolute atomic E-state index is 13.6. The van der Waals surface area contributed by atoms with Crippen molar-refractivity contribution in [2.24, 2.45) is 0 Å². The highest BCUT2D eigenvalue weighted by Crippen LogP contribution is 2.39. The minimum absolute atomic E-state index is 0.0422. The van der Waals surface area contributed by atoms with Crippen molar-refractivity contribution < 1.29 is 36.2 Å². The standard InChI is InChI=1S/C30H36F3N3O5S2/c1-40-17-15-36-13-10-21(11-14-36)35-26-6-3-5-23-24(20-30(31,32)33)28(42-29(23)26)7-4-12-34-25-9-8-22(43(2,38)39)19-27(25)41-18-16-37/h3,5-6,8-9,19,21,34-35,37H,10-18,20H2,1-2H3. The van der Waals surface area contributed by atoms with Crippen molar-refractivity contribution in [3.05, 3.63) is 46.8 Å². The third-order valence-electron chi connectivity index (χ3n) is 7.05. The van der Waals surface area contributed by atoms with Crippen molar-refractivity contribution in [1.29, 1.82) is 0 Å². The minimum atomic E-state index is -4.40. The molecule has 3 N–H and O–H groups in total. The average molecular weight is 640 g/mol. The Morgan fingerprint density at radius 3 is 2.58 bits per heavy atom. The molecule has 0 aliphatic carbocycles. The second-order valence-electron chi connectivity index (χ2n) is 10.3. The van der Waals surface area contributed by atoms with Crippen LogP contribution in [0, 0.1) is 11.8 Å². The number of sulfone groups is 1. The van der Waals surface area contributed by atoms with Crippen LogP contribution in [0.2, 0.25) is 0 Å². The fraction of sp³-hybridized carbons (Fsp3) is 0.467. The highest BCUT2D eigenvalue weighted by atomic mass is 32.2. The molecule has 0 unspecified atom stereocenters. The van der Waals surface area contributed by atoms with Crippen LogP contribution in [0.4, 0.5) is 24.5 Å². The lowest BCUT2D eigenvalue weighted by Gasteiger charge is -2.32. The Kier molecular flexibility index (Phi) is 11.2. The summed E-state index contributed by atoms with van der Waals surface area (Å²) in [6.07, 6.45) is -2.56. The lowest BCUT2D eigenvalue weighted by Crippen LogP contribution is -2.40. The second kappa shape index (κ2) is 14.6. The van der Waals surface area contributed by atoms with Crippen LogP contribution in [0.25, 0.3) is 10.1 Å². The number of aliphatic hydroxyl groups excluding tert-OH is 1. The van der Waals surface area contributed by atoms with Crippen LogP contribution in [0.15, 0.2) is 41.3 Å². The van der Waals surface area contributed by atoms with E-state index in [1.54, 1.807) is 19.2 Å². The summed E-state index contributed by atoms with van der Waals surface area (Å²) in [6, 6.07) is 9.90. The van der Waals surface area contributed by atoms with Crippen molar-refractivity contribution in [2.45, 2.75) is 36.4 Å². The number of hydrogen-bond donors (Lipinski definition) is 3. The molecule has 4 rings (SSSR count). The summed E-state index contributed by atoms with van der Waals surface area (Å²) >= 11 is 1.25. The number of rotatable bonds is 12. The monoisotopic (exact) mass is 639 g/mol. The van der Waals surface area contributed by atoms with E-state index in [4.69, 9.17) is 14.6 Å². The first-order valence-electron chi connectivity index (χ1n) is 13.9. The molecule has 0 radical (unpaired) electrons. The molecule has 43 heavy (non-hydrogen) atoms. The summed E-state index contributed by atoms with van der Waals surface area (Å²) in [4.78, 5) is 2.75. The van der Waals surface area contributed by atoms with Crippen molar-refractivity contribution in [1.82, 2.24) is 4.90 Å². The van der Waals surface area contributed by atoms with Crippen LogP contribution < -0.4 is 15.4 Å². The summed E-state index contributed by atoms with van der Waals surface area (Å²) in [6.45, 7) is 3.18. The van der Waals surface area contributed by atoms with E-state index in [0.717, 1.165) is 49.1 Å². The molecule has 3 aromatic rings.